The number of ether oxygens (including phenoxy) is 2. The number of alkyl halides is 3. The maximum absolute atomic E-state index is 10.6. The highest BCUT2D eigenvalue weighted by atomic mass is 19.4. The Morgan fingerprint density at radius 1 is 1.27 bits per heavy atom. The second kappa shape index (κ2) is 9.24. The Kier molecular flexibility index (Phi) is 6.70. The van der Waals surface area contributed by atoms with Crippen LogP contribution in [0.4, 0.5) is 19.0 Å². The molecule has 0 saturated carbocycles. The summed E-state index contributed by atoms with van der Waals surface area (Å²) in [4.78, 5) is 15.4. The number of fused-ring (bicyclic) bond motifs is 1. The fraction of sp³-hybridized carbons (Fsp3) is 0.474. The number of pyridine rings is 1. The van der Waals surface area contributed by atoms with Crippen molar-refractivity contribution in [1.29, 1.82) is 0 Å². The summed E-state index contributed by atoms with van der Waals surface area (Å²) in [7, 11) is 0. The number of hydrogen-bond acceptors (Lipinski definition) is 7. The molecule has 0 aliphatic carbocycles. The third kappa shape index (κ3) is 5.35. The van der Waals surface area contributed by atoms with Crippen LogP contribution in [0.1, 0.15) is 18.5 Å². The van der Waals surface area contributed by atoms with Gasteiger partial charge in [-0.05, 0) is 38.0 Å². The summed E-state index contributed by atoms with van der Waals surface area (Å²) in [5.74, 6) is -1.22. The molecule has 0 unspecified atom stereocenters. The smallest absolute Gasteiger partial charge is 0.475 e. The Morgan fingerprint density at radius 3 is 2.63 bits per heavy atom. The zero-order valence-corrected chi connectivity index (χ0v) is 16.1. The summed E-state index contributed by atoms with van der Waals surface area (Å²) in [6, 6.07) is 10.0. The minimum absolute atomic E-state index is 0.0432. The zero-order valence-electron chi connectivity index (χ0n) is 16.1. The van der Waals surface area contributed by atoms with Gasteiger partial charge in [0.15, 0.2) is 5.82 Å². The third-order valence-electron chi connectivity index (χ3n) is 4.71. The second-order valence-electron chi connectivity index (χ2n) is 6.86. The Bertz CT molecular complexity index is 836. The molecule has 11 heteroatoms. The van der Waals surface area contributed by atoms with Crippen molar-refractivity contribution in [3.63, 3.8) is 0 Å². The van der Waals surface area contributed by atoms with E-state index in [1.807, 2.05) is 37.3 Å². The monoisotopic (exact) mass is 426 g/mol. The Morgan fingerprint density at radius 2 is 2.03 bits per heavy atom. The number of nitrogens with zero attached hydrogens (tertiary/aromatic N) is 4. The van der Waals surface area contributed by atoms with Crippen molar-refractivity contribution in [3.8, 4) is 5.88 Å². The summed E-state index contributed by atoms with van der Waals surface area (Å²) in [5, 5.41) is 15.7. The number of aliphatic carboxylic acids is 1. The van der Waals surface area contributed by atoms with Crippen molar-refractivity contribution in [1.82, 2.24) is 15.2 Å². The van der Waals surface area contributed by atoms with Crippen LogP contribution < -0.4 is 9.64 Å². The van der Waals surface area contributed by atoms with Gasteiger partial charge in [0.1, 0.15) is 12.2 Å². The van der Waals surface area contributed by atoms with Gasteiger partial charge in [-0.2, -0.15) is 18.3 Å². The molecule has 0 spiro atoms. The summed E-state index contributed by atoms with van der Waals surface area (Å²) in [5.41, 5.74) is 0.922. The van der Waals surface area contributed by atoms with E-state index in [0.717, 1.165) is 37.5 Å². The van der Waals surface area contributed by atoms with Gasteiger partial charge in [-0.1, -0.05) is 6.07 Å². The van der Waals surface area contributed by atoms with Crippen molar-refractivity contribution in [3.05, 3.63) is 42.2 Å². The molecular formula is C19H21F3N4O4. The minimum Gasteiger partial charge on any atom is -0.475 e. The van der Waals surface area contributed by atoms with E-state index in [1.165, 1.54) is 0 Å². The molecule has 2 aromatic heterocycles. The van der Waals surface area contributed by atoms with Crippen molar-refractivity contribution in [2.24, 2.45) is 0 Å². The molecule has 8 nitrogen and oxygen atoms in total. The average molecular weight is 426 g/mol. The number of carboxylic acid groups (broad SMARTS) is 1. The van der Waals surface area contributed by atoms with Gasteiger partial charge in [0.05, 0.1) is 18.3 Å². The first kappa shape index (κ1) is 21.8. The van der Waals surface area contributed by atoms with Gasteiger partial charge in [0.2, 0.25) is 5.88 Å². The number of rotatable bonds is 3. The molecule has 0 radical (unpaired) electrons. The van der Waals surface area contributed by atoms with Crippen LogP contribution in [0.15, 0.2) is 36.5 Å². The Hall–Kier alpha value is -2.95. The summed E-state index contributed by atoms with van der Waals surface area (Å²) in [6.07, 6.45) is -1.19. The first-order chi connectivity index (χ1) is 14.3. The molecule has 2 saturated heterocycles. The largest absolute Gasteiger partial charge is 0.490 e. The molecule has 4 rings (SSSR count). The first-order valence-electron chi connectivity index (χ1n) is 9.32. The number of aromatic nitrogens is 3. The molecule has 162 valence electrons. The summed E-state index contributed by atoms with van der Waals surface area (Å²) in [6.45, 7) is 3.47. The van der Waals surface area contributed by atoms with Crippen LogP contribution >= 0.6 is 0 Å². The van der Waals surface area contributed by atoms with Gasteiger partial charge in [-0.15, -0.1) is 5.10 Å². The number of hydrogen-bond donors (Lipinski definition) is 1. The Balaban J connectivity index is 0.000000318. The molecule has 2 aliphatic heterocycles. The second-order valence-corrected chi connectivity index (χ2v) is 6.86. The highest BCUT2D eigenvalue weighted by Gasteiger charge is 2.46. The third-order valence-corrected chi connectivity index (χ3v) is 4.71. The predicted octanol–water partition coefficient (Wildman–Crippen LogP) is 2.63. The molecule has 0 aromatic carbocycles. The molecule has 30 heavy (non-hydrogen) atoms. The molecule has 1 N–H and O–H groups in total. The summed E-state index contributed by atoms with van der Waals surface area (Å²) >= 11 is 0. The lowest BCUT2D eigenvalue weighted by molar-refractivity contribution is -0.192. The normalized spacial score (nSPS) is 23.2. The standard InChI is InChI=1S/C17H20N4O2.C2HF3O2/c1-12-7-8-15(20-19-12)21-11-14(17-13(21)5-4-10-22-17)23-16-6-2-3-9-18-16;3-2(4,5)1(6)7/h2-3,6-9,13-14,17H,4-5,10-11H2,1H3;(H,6,7)/t13-,14+,17+;/m1./s1. The van der Waals surface area contributed by atoms with E-state index in [1.54, 1.807) is 6.20 Å². The van der Waals surface area contributed by atoms with E-state index in [9.17, 15) is 13.2 Å². The van der Waals surface area contributed by atoms with E-state index < -0.39 is 12.1 Å². The number of anilines is 1. The van der Waals surface area contributed by atoms with Crippen molar-refractivity contribution in [2.45, 2.75) is 44.2 Å². The molecule has 2 aliphatic rings. The van der Waals surface area contributed by atoms with E-state index in [2.05, 4.69) is 20.1 Å². The number of carbonyl (C=O) groups is 1. The van der Waals surface area contributed by atoms with Gasteiger partial charge in [0, 0.05) is 18.9 Å². The number of halogens is 3. The molecular weight excluding hydrogens is 405 g/mol. The van der Waals surface area contributed by atoms with E-state index in [4.69, 9.17) is 19.4 Å². The quantitative estimate of drug-likeness (QED) is 0.800. The molecule has 0 amide bonds. The number of aryl methyl sites for hydroxylation is 1. The lowest BCUT2D eigenvalue weighted by atomic mass is 10.0. The highest BCUT2D eigenvalue weighted by Crippen LogP contribution is 2.33. The molecule has 4 heterocycles. The van der Waals surface area contributed by atoms with E-state index >= 15 is 0 Å². The van der Waals surface area contributed by atoms with Crippen LogP contribution in [-0.4, -0.2) is 63.8 Å². The fourth-order valence-electron chi connectivity index (χ4n) is 3.39. The van der Waals surface area contributed by atoms with Crippen molar-refractivity contribution >= 4 is 11.8 Å². The van der Waals surface area contributed by atoms with Crippen LogP contribution in [0, 0.1) is 6.92 Å². The first-order valence-corrected chi connectivity index (χ1v) is 9.32. The van der Waals surface area contributed by atoms with Gasteiger partial charge in [-0.25, -0.2) is 9.78 Å². The topological polar surface area (TPSA) is 97.7 Å². The Labute approximate surface area is 170 Å². The maximum Gasteiger partial charge on any atom is 0.490 e. The van der Waals surface area contributed by atoms with Gasteiger partial charge in [-0.3, -0.25) is 0 Å². The van der Waals surface area contributed by atoms with Crippen LogP contribution in [0.3, 0.4) is 0 Å². The van der Waals surface area contributed by atoms with Gasteiger partial charge < -0.3 is 19.5 Å². The van der Waals surface area contributed by atoms with Crippen LogP contribution in [0.2, 0.25) is 0 Å². The SMILES string of the molecule is Cc1ccc(N2C[C@H](Oc3ccccn3)[C@H]3OCCC[C@H]32)nn1.O=C(O)C(F)(F)F. The van der Waals surface area contributed by atoms with Gasteiger partial charge in [0.25, 0.3) is 0 Å². The van der Waals surface area contributed by atoms with Crippen LogP contribution in [-0.2, 0) is 9.53 Å². The molecule has 2 aromatic rings. The van der Waals surface area contributed by atoms with Crippen molar-refractivity contribution < 1.29 is 32.5 Å². The molecule has 2 fully saturated rings. The van der Waals surface area contributed by atoms with E-state index in [0.29, 0.717) is 5.88 Å². The predicted molar refractivity (Wildman–Crippen MR) is 99.2 cm³/mol. The summed E-state index contributed by atoms with van der Waals surface area (Å²) < 4.78 is 43.8. The zero-order chi connectivity index (χ0) is 21.7. The van der Waals surface area contributed by atoms with E-state index in [-0.39, 0.29) is 18.2 Å². The average Bonchev–Trinajstić information content (AvgIpc) is 3.08. The van der Waals surface area contributed by atoms with Crippen LogP contribution in [0.5, 0.6) is 5.88 Å². The number of carboxylic acids is 1. The van der Waals surface area contributed by atoms with Crippen molar-refractivity contribution in [2.75, 3.05) is 18.1 Å². The van der Waals surface area contributed by atoms with Crippen LogP contribution in [0.25, 0.3) is 0 Å². The van der Waals surface area contributed by atoms with Gasteiger partial charge >= 0.3 is 12.1 Å². The maximum atomic E-state index is 10.6. The lowest BCUT2D eigenvalue weighted by Gasteiger charge is -2.32. The highest BCUT2D eigenvalue weighted by molar-refractivity contribution is 5.73. The minimum atomic E-state index is -5.08. The molecule has 0 bridgehead atoms. The molecule has 3 atom stereocenters. The fourth-order valence-corrected chi connectivity index (χ4v) is 3.39. The lowest BCUT2D eigenvalue weighted by Crippen LogP contribution is -2.42.